The third-order valence-corrected chi connectivity index (χ3v) is 5.71. The molecule has 0 N–H and O–H groups in total. The van der Waals surface area contributed by atoms with Crippen LogP contribution in [0.2, 0.25) is 0 Å². The highest BCUT2D eigenvalue weighted by atomic mass is 79.9. The van der Waals surface area contributed by atoms with Gasteiger partial charge in [0, 0.05) is 41.6 Å². The number of pyridine rings is 1. The Hall–Kier alpha value is -3.32. The Bertz CT molecular complexity index is 1250. The topological polar surface area (TPSA) is 56.1 Å². The van der Waals surface area contributed by atoms with Crippen molar-refractivity contribution in [3.8, 4) is 11.5 Å². The van der Waals surface area contributed by atoms with Crippen LogP contribution in [0.3, 0.4) is 0 Å². The minimum Gasteiger partial charge on any atom is -0.496 e. The van der Waals surface area contributed by atoms with Crippen molar-refractivity contribution in [3.63, 3.8) is 0 Å². The average Bonchev–Trinajstić information content (AvgIpc) is 3.22. The van der Waals surface area contributed by atoms with E-state index in [4.69, 9.17) is 9.47 Å². The maximum atomic E-state index is 12.9. The molecule has 1 amide bonds. The first-order valence-corrected chi connectivity index (χ1v) is 11.0. The second-order valence-electron chi connectivity index (χ2n) is 7.58. The van der Waals surface area contributed by atoms with Crippen LogP contribution in [0.5, 0.6) is 11.5 Å². The van der Waals surface area contributed by atoms with E-state index >= 15 is 0 Å². The van der Waals surface area contributed by atoms with Gasteiger partial charge < -0.3 is 18.8 Å². The van der Waals surface area contributed by atoms with Crippen LogP contribution in [0.1, 0.15) is 27.2 Å². The van der Waals surface area contributed by atoms with Crippen molar-refractivity contribution >= 4 is 27.5 Å². The number of aromatic nitrogens is 2. The maximum absolute atomic E-state index is 12.9. The summed E-state index contributed by atoms with van der Waals surface area (Å²) in [6, 6.07) is 17.0. The summed E-state index contributed by atoms with van der Waals surface area (Å²) in [5.41, 5.74) is 4.42. The van der Waals surface area contributed by atoms with E-state index < -0.39 is 0 Å². The molecule has 6 nitrogen and oxygen atoms in total. The summed E-state index contributed by atoms with van der Waals surface area (Å²) in [4.78, 5) is 19.2. The Morgan fingerprint density at radius 3 is 2.66 bits per heavy atom. The van der Waals surface area contributed by atoms with E-state index in [9.17, 15) is 4.79 Å². The zero-order valence-corrected chi connectivity index (χ0v) is 19.8. The molecule has 0 spiro atoms. The highest BCUT2D eigenvalue weighted by Gasteiger charge is 2.15. The molecule has 32 heavy (non-hydrogen) atoms. The van der Waals surface area contributed by atoms with Crippen LogP contribution < -0.4 is 9.47 Å². The predicted molar refractivity (Wildman–Crippen MR) is 127 cm³/mol. The molecule has 0 atom stereocenters. The normalized spacial score (nSPS) is 10.9. The van der Waals surface area contributed by atoms with Gasteiger partial charge >= 0.3 is 0 Å². The third kappa shape index (κ3) is 4.78. The number of hydrogen-bond acceptors (Lipinski definition) is 4. The van der Waals surface area contributed by atoms with Gasteiger partial charge in [-0.15, -0.1) is 0 Å². The number of hydrogen-bond donors (Lipinski definition) is 0. The molecule has 0 aliphatic rings. The lowest BCUT2D eigenvalue weighted by atomic mass is 10.1. The van der Waals surface area contributed by atoms with Crippen molar-refractivity contribution in [2.45, 2.75) is 20.1 Å². The van der Waals surface area contributed by atoms with Gasteiger partial charge in [0.2, 0.25) is 0 Å². The first-order chi connectivity index (χ1) is 15.4. The summed E-state index contributed by atoms with van der Waals surface area (Å²) < 4.78 is 14.2. The summed E-state index contributed by atoms with van der Waals surface area (Å²) in [5, 5.41) is 0. The van der Waals surface area contributed by atoms with Crippen LogP contribution in [0.25, 0.3) is 5.65 Å². The predicted octanol–water partition coefficient (Wildman–Crippen LogP) is 5.27. The van der Waals surface area contributed by atoms with Gasteiger partial charge in [0.1, 0.15) is 23.8 Å². The molecule has 0 radical (unpaired) electrons. The van der Waals surface area contributed by atoms with Gasteiger partial charge in [-0.2, -0.15) is 0 Å². The van der Waals surface area contributed by atoms with E-state index in [-0.39, 0.29) is 5.91 Å². The highest BCUT2D eigenvalue weighted by molar-refractivity contribution is 9.10. The molecule has 2 heterocycles. The number of carbonyl (C=O) groups excluding carboxylic acids is 1. The fourth-order valence-corrected chi connectivity index (χ4v) is 3.95. The molecule has 7 heteroatoms. The summed E-state index contributed by atoms with van der Waals surface area (Å²) in [7, 11) is 3.40. The fraction of sp³-hybridized carbons (Fsp3) is 0.200. The van der Waals surface area contributed by atoms with Crippen molar-refractivity contribution in [1.82, 2.24) is 14.3 Å². The van der Waals surface area contributed by atoms with E-state index in [1.807, 2.05) is 66.2 Å². The molecule has 0 aliphatic heterocycles. The monoisotopic (exact) mass is 493 g/mol. The Labute approximate surface area is 195 Å². The molecule has 164 valence electrons. The lowest BCUT2D eigenvalue weighted by molar-refractivity contribution is 0.0784. The Balaban J connectivity index is 1.39. The molecule has 2 aromatic carbocycles. The lowest BCUT2D eigenvalue weighted by Gasteiger charge is -2.19. The van der Waals surface area contributed by atoms with Gasteiger partial charge in [0.25, 0.3) is 5.91 Å². The zero-order chi connectivity index (χ0) is 22.7. The van der Waals surface area contributed by atoms with Gasteiger partial charge in [-0.3, -0.25) is 4.79 Å². The van der Waals surface area contributed by atoms with Crippen LogP contribution in [0.15, 0.2) is 71.5 Å². The van der Waals surface area contributed by atoms with E-state index in [0.29, 0.717) is 24.5 Å². The van der Waals surface area contributed by atoms with Crippen LogP contribution in [-0.2, 0) is 13.2 Å². The Morgan fingerprint density at radius 2 is 1.94 bits per heavy atom. The summed E-state index contributed by atoms with van der Waals surface area (Å²) >= 11 is 3.47. The Morgan fingerprint density at radius 1 is 1.16 bits per heavy atom. The first-order valence-electron chi connectivity index (χ1n) is 10.2. The maximum Gasteiger partial charge on any atom is 0.253 e. The van der Waals surface area contributed by atoms with Crippen molar-refractivity contribution in [2.24, 2.45) is 0 Å². The summed E-state index contributed by atoms with van der Waals surface area (Å²) in [5.74, 6) is 1.36. The number of ether oxygens (including phenoxy) is 2. The van der Waals surface area contributed by atoms with Gasteiger partial charge in [-0.05, 0) is 61.0 Å². The molecule has 2 aromatic heterocycles. The molecule has 0 unspecified atom stereocenters. The van der Waals surface area contributed by atoms with Crippen LogP contribution in [0.4, 0.5) is 0 Å². The van der Waals surface area contributed by atoms with Gasteiger partial charge in [-0.25, -0.2) is 4.98 Å². The van der Waals surface area contributed by atoms with Crippen LogP contribution in [0, 0.1) is 6.92 Å². The average molecular weight is 494 g/mol. The van der Waals surface area contributed by atoms with E-state index in [2.05, 4.69) is 20.9 Å². The minimum absolute atomic E-state index is 0.0746. The van der Waals surface area contributed by atoms with Gasteiger partial charge in [0.05, 0.1) is 12.8 Å². The summed E-state index contributed by atoms with van der Waals surface area (Å²) in [6.07, 6.45) is 3.94. The molecule has 4 rings (SSSR count). The van der Waals surface area contributed by atoms with Crippen molar-refractivity contribution in [2.75, 3.05) is 14.2 Å². The van der Waals surface area contributed by atoms with Crippen molar-refractivity contribution in [1.29, 1.82) is 0 Å². The SMILES string of the molecule is COc1ccc(Br)cc1CN(C)C(=O)c1ccc(OCc2cn3cccc(C)c3n2)cc1. The number of amides is 1. The second kappa shape index (κ2) is 9.44. The molecule has 0 fully saturated rings. The lowest BCUT2D eigenvalue weighted by Crippen LogP contribution is -2.26. The second-order valence-corrected chi connectivity index (χ2v) is 8.50. The van der Waals surface area contributed by atoms with Crippen LogP contribution in [-0.4, -0.2) is 34.3 Å². The molecule has 4 aromatic rings. The number of nitrogens with zero attached hydrogens (tertiary/aromatic N) is 3. The number of halogens is 1. The van der Waals surface area contributed by atoms with Crippen LogP contribution >= 0.6 is 15.9 Å². The first kappa shape index (κ1) is 21.9. The Kier molecular flexibility index (Phi) is 6.46. The quantitative estimate of drug-likeness (QED) is 0.352. The van der Waals surface area contributed by atoms with Crippen molar-refractivity contribution in [3.05, 3.63) is 93.8 Å². The number of fused-ring (bicyclic) bond motifs is 1. The molecule has 0 aliphatic carbocycles. The molecule has 0 bridgehead atoms. The third-order valence-electron chi connectivity index (χ3n) is 5.21. The molecular formula is C25H24BrN3O3. The molecule has 0 saturated heterocycles. The number of imidazole rings is 1. The number of rotatable bonds is 7. The number of methoxy groups -OCH3 is 1. The largest absolute Gasteiger partial charge is 0.496 e. The standard InChI is InChI=1S/C25H24BrN3O3/c1-17-5-4-12-29-15-21(27-24(17)29)16-32-22-9-6-18(7-10-22)25(30)28(2)14-19-13-20(26)8-11-23(19)31-3/h4-13,15H,14,16H2,1-3H3. The van der Waals surface area contributed by atoms with Gasteiger partial charge in [-0.1, -0.05) is 22.0 Å². The van der Waals surface area contributed by atoms with E-state index in [1.54, 1.807) is 31.2 Å². The van der Waals surface area contributed by atoms with E-state index in [1.165, 1.54) is 0 Å². The molecule has 0 saturated carbocycles. The molecular weight excluding hydrogens is 470 g/mol. The minimum atomic E-state index is -0.0746. The number of aryl methyl sites for hydroxylation is 1. The van der Waals surface area contributed by atoms with E-state index in [0.717, 1.165) is 32.7 Å². The number of benzene rings is 2. The zero-order valence-electron chi connectivity index (χ0n) is 18.2. The number of carbonyl (C=O) groups is 1. The van der Waals surface area contributed by atoms with Gasteiger partial charge in [0.15, 0.2) is 0 Å². The van der Waals surface area contributed by atoms with Crippen molar-refractivity contribution < 1.29 is 14.3 Å². The highest BCUT2D eigenvalue weighted by Crippen LogP contribution is 2.25. The smallest absolute Gasteiger partial charge is 0.253 e. The summed E-state index contributed by atoms with van der Waals surface area (Å²) in [6.45, 7) is 2.83. The fourth-order valence-electron chi connectivity index (χ4n) is 3.54.